The number of rotatable bonds is 24. The number of likely N-dealkylation sites (tertiary alicyclic amines) is 1. The molecule has 1 heterocycles. The SMILES string of the molecule is CCCC(NC(=O)[C@@H]1CCCCN1C(=O)[C@@H](NC(=O)[C@@H](NC(=O)[C@H](CCC(=O)O)NC(=O)[C@H](CCC(=O)O)NC(C)=O)C(C)C)C1CCCCC1)C(=O)C(=O)NCC(=O)O. The largest absolute Gasteiger partial charge is 0.481 e. The number of piperidine rings is 1. The van der Waals surface area contributed by atoms with E-state index in [-0.39, 0.29) is 31.7 Å². The molecule has 2 fully saturated rings. The Morgan fingerprint density at radius 2 is 1.20 bits per heavy atom. The van der Waals surface area contributed by atoms with E-state index in [0.717, 1.165) is 26.2 Å². The molecular weight excluding hydrogens is 790 g/mol. The van der Waals surface area contributed by atoms with Crippen molar-refractivity contribution in [2.24, 2.45) is 11.8 Å². The van der Waals surface area contributed by atoms with Gasteiger partial charge in [-0.05, 0) is 63.2 Å². The predicted molar refractivity (Wildman–Crippen MR) is 210 cm³/mol. The van der Waals surface area contributed by atoms with Gasteiger partial charge in [-0.1, -0.05) is 46.5 Å². The smallest absolute Gasteiger partial charge is 0.322 e. The highest BCUT2D eigenvalue weighted by Gasteiger charge is 2.42. The summed E-state index contributed by atoms with van der Waals surface area (Å²) in [5.74, 6) is -11.6. The molecule has 1 aliphatic heterocycles. The molecule has 1 saturated carbocycles. The first-order chi connectivity index (χ1) is 28.3. The molecule has 1 saturated heterocycles. The van der Waals surface area contributed by atoms with Gasteiger partial charge in [0, 0.05) is 26.3 Å². The Hall–Kier alpha value is -5.63. The molecule has 0 radical (unpaired) electrons. The van der Waals surface area contributed by atoms with E-state index in [1.54, 1.807) is 20.8 Å². The van der Waals surface area contributed by atoms with Gasteiger partial charge in [0.25, 0.3) is 5.91 Å². The van der Waals surface area contributed by atoms with Crippen LogP contribution in [-0.2, 0) is 52.7 Å². The van der Waals surface area contributed by atoms with Crippen LogP contribution in [0.5, 0.6) is 0 Å². The Kier molecular flexibility index (Phi) is 21.1. The van der Waals surface area contributed by atoms with Crippen molar-refractivity contribution in [3.05, 3.63) is 0 Å². The third-order valence-corrected chi connectivity index (χ3v) is 10.5. The van der Waals surface area contributed by atoms with E-state index >= 15 is 0 Å². The maximum absolute atomic E-state index is 14.6. The van der Waals surface area contributed by atoms with Crippen LogP contribution >= 0.6 is 0 Å². The second-order valence-electron chi connectivity index (χ2n) is 15.6. The normalized spacial score (nSPS) is 18.0. The zero-order valence-electron chi connectivity index (χ0n) is 34.7. The van der Waals surface area contributed by atoms with Crippen molar-refractivity contribution in [3.8, 4) is 0 Å². The topological polar surface area (TPSA) is 324 Å². The van der Waals surface area contributed by atoms with Crippen LogP contribution in [0.2, 0.25) is 0 Å². The maximum atomic E-state index is 14.6. The monoisotopic (exact) mass is 851 g/mol. The fourth-order valence-corrected chi connectivity index (χ4v) is 7.34. The van der Waals surface area contributed by atoms with Crippen LogP contribution < -0.4 is 31.9 Å². The highest BCUT2D eigenvalue weighted by Crippen LogP contribution is 2.29. The molecule has 6 atom stereocenters. The first-order valence-electron chi connectivity index (χ1n) is 20.5. The summed E-state index contributed by atoms with van der Waals surface area (Å²) in [6, 6.07) is -7.71. The quantitative estimate of drug-likeness (QED) is 0.0545. The summed E-state index contributed by atoms with van der Waals surface area (Å²) < 4.78 is 0. The fourth-order valence-electron chi connectivity index (χ4n) is 7.34. The summed E-state index contributed by atoms with van der Waals surface area (Å²) in [5.41, 5.74) is 0. The Morgan fingerprint density at radius 3 is 1.73 bits per heavy atom. The molecule has 0 bridgehead atoms. The number of nitrogens with zero attached hydrogens (tertiary/aromatic N) is 1. The number of carbonyl (C=O) groups excluding carboxylic acids is 8. The molecule has 336 valence electrons. The second-order valence-corrected chi connectivity index (χ2v) is 15.6. The minimum absolute atomic E-state index is 0.0657. The molecule has 9 N–H and O–H groups in total. The van der Waals surface area contributed by atoms with Crippen molar-refractivity contribution >= 4 is 65.0 Å². The van der Waals surface area contributed by atoms with Crippen LogP contribution in [-0.4, -0.2) is 135 Å². The van der Waals surface area contributed by atoms with Gasteiger partial charge in [-0.25, -0.2) is 0 Å². The standard InChI is InChI=1S/C39H61N7O14/c1-5-11-24(33(54)38(59)40-20-30(52)53)42-36(57)27-14-9-10-19-46(27)39(60)32(23-12-7-6-8-13-23)45-37(58)31(21(2)3)44-35(56)26(16-18-29(50)51)43-34(55)25(41-22(4)47)15-17-28(48)49/h21,23-27,31-32H,5-20H2,1-4H3,(H,40,59)(H,41,47)(H,42,57)(H,43,55)(H,44,56)(H,45,58)(H,48,49)(H,50,51)(H,52,53)/t24?,25-,26-,27-,31-,32-/m0/s1. The number of amides is 7. The van der Waals surface area contributed by atoms with E-state index in [9.17, 15) is 57.8 Å². The van der Waals surface area contributed by atoms with Gasteiger partial charge >= 0.3 is 17.9 Å². The lowest BCUT2D eigenvalue weighted by molar-refractivity contribution is -0.148. The van der Waals surface area contributed by atoms with Crippen molar-refractivity contribution in [2.75, 3.05) is 13.1 Å². The van der Waals surface area contributed by atoms with Crippen LogP contribution in [0, 0.1) is 11.8 Å². The van der Waals surface area contributed by atoms with Gasteiger partial charge in [0.15, 0.2) is 0 Å². The molecule has 0 aromatic rings. The van der Waals surface area contributed by atoms with Crippen molar-refractivity contribution in [1.82, 2.24) is 36.8 Å². The second kappa shape index (κ2) is 25.1. The molecular formula is C39H61N7O14. The number of aliphatic carboxylic acids is 3. The molecule has 21 heteroatoms. The lowest BCUT2D eigenvalue weighted by atomic mass is 9.82. The van der Waals surface area contributed by atoms with Gasteiger partial charge in [0.05, 0.1) is 6.04 Å². The van der Waals surface area contributed by atoms with E-state index in [1.165, 1.54) is 4.90 Å². The highest BCUT2D eigenvalue weighted by atomic mass is 16.4. The summed E-state index contributed by atoms with van der Waals surface area (Å²) >= 11 is 0. The Balaban J connectivity index is 2.37. The Bertz CT molecular complexity index is 1600. The molecule has 0 spiro atoms. The number of hydrogen-bond donors (Lipinski definition) is 9. The summed E-state index contributed by atoms with van der Waals surface area (Å²) in [6.07, 6.45) is 3.49. The first kappa shape index (κ1) is 50.5. The van der Waals surface area contributed by atoms with E-state index in [0.29, 0.717) is 32.1 Å². The van der Waals surface area contributed by atoms with E-state index in [2.05, 4.69) is 26.6 Å². The molecule has 21 nitrogen and oxygen atoms in total. The number of carbonyl (C=O) groups is 11. The number of hydrogen-bond acceptors (Lipinski definition) is 11. The third kappa shape index (κ3) is 16.6. The average molecular weight is 852 g/mol. The van der Waals surface area contributed by atoms with Crippen molar-refractivity contribution in [3.63, 3.8) is 0 Å². The summed E-state index contributed by atoms with van der Waals surface area (Å²) in [7, 11) is 0. The highest BCUT2D eigenvalue weighted by molar-refractivity contribution is 6.38. The lowest BCUT2D eigenvalue weighted by Crippen LogP contribution is -2.63. The molecule has 60 heavy (non-hydrogen) atoms. The van der Waals surface area contributed by atoms with Crippen molar-refractivity contribution in [1.29, 1.82) is 0 Å². The number of carboxylic acid groups (broad SMARTS) is 3. The van der Waals surface area contributed by atoms with E-state index < -0.39 is 133 Å². The van der Waals surface area contributed by atoms with Gasteiger partial charge in [0.1, 0.15) is 36.8 Å². The lowest BCUT2D eigenvalue weighted by Gasteiger charge is -2.40. The molecule has 1 aliphatic carbocycles. The van der Waals surface area contributed by atoms with Crippen LogP contribution in [0.4, 0.5) is 0 Å². The zero-order chi connectivity index (χ0) is 45.1. The van der Waals surface area contributed by atoms with Gasteiger partial charge in [-0.15, -0.1) is 0 Å². The third-order valence-electron chi connectivity index (χ3n) is 10.5. The maximum Gasteiger partial charge on any atom is 0.322 e. The summed E-state index contributed by atoms with van der Waals surface area (Å²) in [5, 5.41) is 42.0. The first-order valence-corrected chi connectivity index (χ1v) is 20.5. The predicted octanol–water partition coefficient (Wildman–Crippen LogP) is -0.653. The van der Waals surface area contributed by atoms with E-state index in [4.69, 9.17) is 10.2 Å². The van der Waals surface area contributed by atoms with Gasteiger partial charge in [-0.2, -0.15) is 0 Å². The number of carboxylic acids is 3. The van der Waals surface area contributed by atoms with Gasteiger partial charge in [0.2, 0.25) is 41.2 Å². The minimum atomic E-state index is -1.53. The Morgan fingerprint density at radius 1 is 0.633 bits per heavy atom. The molecule has 0 aromatic heterocycles. The number of nitrogens with one attached hydrogen (secondary N) is 6. The average Bonchev–Trinajstić information content (AvgIpc) is 3.19. The summed E-state index contributed by atoms with van der Waals surface area (Å²) in [4.78, 5) is 141. The molecule has 2 aliphatic rings. The molecule has 1 unspecified atom stereocenters. The molecule has 0 aromatic carbocycles. The van der Waals surface area contributed by atoms with Crippen LogP contribution in [0.25, 0.3) is 0 Å². The van der Waals surface area contributed by atoms with E-state index in [1.807, 2.05) is 5.32 Å². The number of Topliss-reactive ketones (excluding diaryl/α,β-unsaturated/α-hetero) is 1. The van der Waals surface area contributed by atoms with Gasteiger partial charge in [-0.3, -0.25) is 52.7 Å². The minimum Gasteiger partial charge on any atom is -0.481 e. The van der Waals surface area contributed by atoms with Gasteiger partial charge < -0.3 is 52.1 Å². The van der Waals surface area contributed by atoms with Crippen molar-refractivity contribution in [2.45, 2.75) is 154 Å². The number of ketones is 1. The van der Waals surface area contributed by atoms with Crippen LogP contribution in [0.1, 0.15) is 118 Å². The van der Waals surface area contributed by atoms with Crippen LogP contribution in [0.15, 0.2) is 0 Å². The summed E-state index contributed by atoms with van der Waals surface area (Å²) in [6.45, 7) is 5.41. The Labute approximate surface area is 348 Å². The zero-order valence-corrected chi connectivity index (χ0v) is 34.7. The molecule has 7 amide bonds. The fraction of sp³-hybridized carbons (Fsp3) is 0.718. The van der Waals surface area contributed by atoms with Crippen LogP contribution in [0.3, 0.4) is 0 Å². The van der Waals surface area contributed by atoms with Crippen molar-refractivity contribution < 1.29 is 68.1 Å². The molecule has 2 rings (SSSR count).